The normalized spacial score (nSPS) is 11.1. The zero-order chi connectivity index (χ0) is 15.5. The van der Waals surface area contributed by atoms with E-state index in [0.29, 0.717) is 0 Å². The minimum atomic E-state index is -4.65. The first kappa shape index (κ1) is 20.5. The SMILES string of the molecule is O=S(=O)([O-])COCCOc1c(F)c(F)c(F)c(F)c1F.[Na+]. The van der Waals surface area contributed by atoms with Crippen LogP contribution in [0.15, 0.2) is 0 Å². The van der Waals surface area contributed by atoms with E-state index in [1.165, 1.54) is 0 Å². The van der Waals surface area contributed by atoms with Crippen LogP contribution in [0.25, 0.3) is 0 Å². The molecule has 0 aliphatic rings. The Labute approximate surface area is 138 Å². The molecular weight excluding hydrogens is 338 g/mol. The van der Waals surface area contributed by atoms with E-state index in [2.05, 4.69) is 9.47 Å². The first-order valence-corrected chi connectivity index (χ1v) is 6.38. The molecule has 0 heterocycles. The van der Waals surface area contributed by atoms with Gasteiger partial charge in [-0.05, 0) is 0 Å². The average Bonchev–Trinajstić information content (AvgIpc) is 2.36. The van der Waals surface area contributed by atoms with Crippen LogP contribution in [0.3, 0.4) is 0 Å². The van der Waals surface area contributed by atoms with E-state index < -0.39 is 64.1 Å². The molecular formula is C9H6F5NaO5S. The molecule has 0 bridgehead atoms. The van der Waals surface area contributed by atoms with Gasteiger partial charge in [0.15, 0.2) is 5.75 Å². The van der Waals surface area contributed by atoms with Crippen LogP contribution in [0, 0.1) is 29.1 Å². The number of ether oxygens (including phenoxy) is 2. The predicted octanol–water partition coefficient (Wildman–Crippen LogP) is -1.72. The van der Waals surface area contributed by atoms with Gasteiger partial charge in [-0.2, -0.15) is 8.78 Å². The van der Waals surface area contributed by atoms with Gasteiger partial charge in [-0.1, -0.05) is 0 Å². The fourth-order valence-electron chi connectivity index (χ4n) is 1.08. The van der Waals surface area contributed by atoms with Crippen LogP contribution in [-0.4, -0.2) is 32.1 Å². The van der Waals surface area contributed by atoms with E-state index in [1.54, 1.807) is 0 Å². The molecule has 0 amide bonds. The van der Waals surface area contributed by atoms with Gasteiger partial charge in [0.2, 0.25) is 29.1 Å². The second-order valence-electron chi connectivity index (χ2n) is 3.33. The maximum Gasteiger partial charge on any atom is 1.00 e. The third-order valence-electron chi connectivity index (χ3n) is 1.87. The number of rotatable bonds is 6. The summed E-state index contributed by atoms with van der Waals surface area (Å²) in [4.78, 5) is 0. The zero-order valence-electron chi connectivity index (χ0n) is 10.5. The molecule has 114 valence electrons. The minimum absolute atomic E-state index is 0. The summed E-state index contributed by atoms with van der Waals surface area (Å²) < 4.78 is 103. The Morgan fingerprint density at radius 2 is 1.29 bits per heavy atom. The van der Waals surface area contributed by atoms with Crippen LogP contribution in [-0.2, 0) is 14.9 Å². The van der Waals surface area contributed by atoms with Crippen molar-refractivity contribution in [2.45, 2.75) is 0 Å². The summed E-state index contributed by atoms with van der Waals surface area (Å²) in [6.45, 7) is -1.34. The van der Waals surface area contributed by atoms with Crippen LogP contribution in [0.4, 0.5) is 22.0 Å². The smallest absolute Gasteiger partial charge is 0.746 e. The second-order valence-corrected chi connectivity index (χ2v) is 4.68. The molecule has 0 radical (unpaired) electrons. The minimum Gasteiger partial charge on any atom is -0.746 e. The standard InChI is InChI=1S/C9H7F5O5S.Na/c10-4-5(11)7(13)9(8(14)6(4)12)19-2-1-18-3-20(15,16)17;/h1-3H2,(H,15,16,17);/q;+1/p-1. The molecule has 12 heteroatoms. The third-order valence-corrected chi connectivity index (χ3v) is 2.33. The number of hydrogen-bond donors (Lipinski definition) is 0. The summed E-state index contributed by atoms with van der Waals surface area (Å²) in [5, 5.41) is 0. The van der Waals surface area contributed by atoms with E-state index in [9.17, 15) is 34.9 Å². The van der Waals surface area contributed by atoms with Gasteiger partial charge in [0.05, 0.1) is 6.61 Å². The molecule has 1 aromatic carbocycles. The van der Waals surface area contributed by atoms with E-state index >= 15 is 0 Å². The first-order valence-electron chi connectivity index (χ1n) is 4.80. The summed E-state index contributed by atoms with van der Waals surface area (Å²) in [5.74, 6) is -13.8. The van der Waals surface area contributed by atoms with Gasteiger partial charge in [0.25, 0.3) is 0 Å². The van der Waals surface area contributed by atoms with Gasteiger partial charge in [0, 0.05) is 0 Å². The summed E-state index contributed by atoms with van der Waals surface area (Å²) in [6.07, 6.45) is 0. The molecule has 0 unspecified atom stereocenters. The summed E-state index contributed by atoms with van der Waals surface area (Å²) >= 11 is 0. The molecule has 1 rings (SSSR count). The van der Waals surface area contributed by atoms with E-state index in [1.807, 2.05) is 0 Å². The Balaban J connectivity index is 0.00000400. The zero-order valence-corrected chi connectivity index (χ0v) is 13.3. The molecule has 1 aromatic rings. The van der Waals surface area contributed by atoms with Crippen LogP contribution in [0.1, 0.15) is 0 Å². The maximum absolute atomic E-state index is 13.1. The summed E-state index contributed by atoms with van der Waals surface area (Å²) in [5.41, 5.74) is 0. The first-order chi connectivity index (χ1) is 9.15. The second kappa shape index (κ2) is 8.25. The Morgan fingerprint density at radius 1 is 0.857 bits per heavy atom. The largest absolute Gasteiger partial charge is 1.00 e. The Morgan fingerprint density at radius 3 is 1.71 bits per heavy atom. The van der Waals surface area contributed by atoms with Crippen molar-refractivity contribution in [3.8, 4) is 5.75 Å². The third kappa shape index (κ3) is 5.68. The molecule has 0 spiro atoms. The van der Waals surface area contributed by atoms with E-state index in [0.717, 1.165) is 0 Å². The van der Waals surface area contributed by atoms with Crippen molar-refractivity contribution < 1.29 is 74.0 Å². The Kier molecular flexibility index (Phi) is 8.07. The maximum atomic E-state index is 13.1. The molecule has 0 saturated carbocycles. The molecule has 0 atom stereocenters. The van der Waals surface area contributed by atoms with E-state index in [4.69, 9.17) is 0 Å². The van der Waals surface area contributed by atoms with Gasteiger partial charge < -0.3 is 14.0 Å². The average molecular weight is 344 g/mol. The van der Waals surface area contributed by atoms with Crippen molar-refractivity contribution in [3.63, 3.8) is 0 Å². The Hall–Kier alpha value is -0.460. The summed E-state index contributed by atoms with van der Waals surface area (Å²) in [6, 6.07) is 0. The van der Waals surface area contributed by atoms with Crippen molar-refractivity contribution in [1.82, 2.24) is 0 Å². The van der Waals surface area contributed by atoms with Crippen LogP contribution in [0.5, 0.6) is 5.75 Å². The van der Waals surface area contributed by atoms with Crippen LogP contribution in [0.2, 0.25) is 0 Å². The number of benzene rings is 1. The fourth-order valence-corrected chi connectivity index (χ4v) is 1.40. The molecule has 5 nitrogen and oxygen atoms in total. The molecule has 0 aromatic heterocycles. The number of hydrogen-bond acceptors (Lipinski definition) is 5. The van der Waals surface area contributed by atoms with Crippen molar-refractivity contribution >= 4 is 10.1 Å². The topological polar surface area (TPSA) is 75.7 Å². The molecule has 0 aliphatic carbocycles. The van der Waals surface area contributed by atoms with Crippen molar-refractivity contribution in [2.75, 3.05) is 19.2 Å². The van der Waals surface area contributed by atoms with Crippen LogP contribution < -0.4 is 34.3 Å². The summed E-state index contributed by atoms with van der Waals surface area (Å²) in [7, 11) is -4.65. The van der Waals surface area contributed by atoms with Crippen molar-refractivity contribution in [3.05, 3.63) is 29.1 Å². The molecule has 0 N–H and O–H groups in total. The molecule has 0 fully saturated rings. The molecule has 0 aliphatic heterocycles. The predicted molar refractivity (Wildman–Crippen MR) is 52.2 cm³/mol. The van der Waals surface area contributed by atoms with Crippen LogP contribution >= 0.6 is 0 Å². The molecule has 21 heavy (non-hydrogen) atoms. The van der Waals surface area contributed by atoms with Gasteiger partial charge >= 0.3 is 29.6 Å². The quantitative estimate of drug-likeness (QED) is 0.153. The van der Waals surface area contributed by atoms with Gasteiger partial charge in [0.1, 0.15) is 22.7 Å². The van der Waals surface area contributed by atoms with Crippen molar-refractivity contribution in [2.24, 2.45) is 0 Å². The monoisotopic (exact) mass is 344 g/mol. The number of halogens is 5. The van der Waals surface area contributed by atoms with Crippen molar-refractivity contribution in [1.29, 1.82) is 0 Å². The van der Waals surface area contributed by atoms with Gasteiger partial charge in [-0.25, -0.2) is 21.6 Å². The molecule has 0 saturated heterocycles. The van der Waals surface area contributed by atoms with Gasteiger partial charge in [-0.3, -0.25) is 0 Å². The fraction of sp³-hybridized carbons (Fsp3) is 0.333. The van der Waals surface area contributed by atoms with E-state index in [-0.39, 0.29) is 29.6 Å². The Bertz CT molecular complexity index is 580. The van der Waals surface area contributed by atoms with Gasteiger partial charge in [-0.15, -0.1) is 0 Å².